The zero-order valence-corrected chi connectivity index (χ0v) is 23.0. The average Bonchev–Trinajstić information content (AvgIpc) is 3.64. The fraction of sp³-hybridized carbons (Fsp3) is 0.793. The maximum absolute atomic E-state index is 6.67. The van der Waals surface area contributed by atoms with E-state index in [0.29, 0.717) is 6.61 Å². The largest absolute Gasteiger partial charge is 0.491 e. The Hall–Kier alpha value is -1.18. The maximum atomic E-state index is 6.67. The van der Waals surface area contributed by atoms with Crippen molar-refractivity contribution in [3.05, 3.63) is 29.8 Å². The molecular weight excluding hydrogens is 442 g/mol. The first kappa shape index (κ1) is 26.9. The number of unbranched alkanes of at least 4 members (excludes halogenated alkanes) is 1. The van der Waals surface area contributed by atoms with Gasteiger partial charge in [-0.3, -0.25) is 4.84 Å². The van der Waals surface area contributed by atoms with Crippen molar-refractivity contribution in [2.45, 2.75) is 116 Å². The number of hydroxylamine groups is 2. The molecule has 0 aliphatic carbocycles. The number of piperidine rings is 1. The second kappa shape index (κ2) is 10.3. The molecule has 0 amide bonds. The summed E-state index contributed by atoms with van der Waals surface area (Å²) in [4.78, 5) is 6.67. The monoisotopic (exact) mass is 489 g/mol. The molecule has 198 valence electrons. The smallest absolute Gasteiger partial charge is 0.171 e. The van der Waals surface area contributed by atoms with E-state index in [9.17, 15) is 0 Å². The van der Waals surface area contributed by atoms with Gasteiger partial charge < -0.3 is 18.9 Å². The van der Waals surface area contributed by atoms with E-state index in [1.54, 1.807) is 0 Å². The van der Waals surface area contributed by atoms with Crippen LogP contribution in [-0.4, -0.2) is 54.5 Å². The second-order valence-electron chi connectivity index (χ2n) is 12.3. The van der Waals surface area contributed by atoms with Gasteiger partial charge in [0.25, 0.3) is 0 Å². The summed E-state index contributed by atoms with van der Waals surface area (Å²) in [5.74, 6) is 0.316. The molecule has 0 aromatic heterocycles. The molecule has 0 saturated carbocycles. The Labute approximate surface area is 212 Å². The number of ether oxygens (including phenoxy) is 4. The highest BCUT2D eigenvalue weighted by atomic mass is 16.7. The SMILES string of the molecule is CCCCC1(CC)COC2(CC(C)(C)N(OC(C)c3ccc(OCC4CO4)cc3)C(C)(C)C2)OC1. The molecule has 0 N–H and O–H groups in total. The summed E-state index contributed by atoms with van der Waals surface area (Å²) in [6.07, 6.45) is 6.44. The van der Waals surface area contributed by atoms with E-state index in [-0.39, 0.29) is 28.7 Å². The van der Waals surface area contributed by atoms with Crippen LogP contribution in [0.1, 0.15) is 98.7 Å². The van der Waals surface area contributed by atoms with Gasteiger partial charge in [-0.05, 0) is 65.2 Å². The zero-order valence-electron chi connectivity index (χ0n) is 23.0. The Morgan fingerprint density at radius 3 is 2.11 bits per heavy atom. The van der Waals surface area contributed by atoms with Crippen LogP contribution in [0.25, 0.3) is 0 Å². The molecule has 3 saturated heterocycles. The molecule has 2 atom stereocenters. The molecule has 3 aliphatic rings. The lowest BCUT2D eigenvalue weighted by atomic mass is 9.75. The number of benzene rings is 1. The summed E-state index contributed by atoms with van der Waals surface area (Å²) in [5, 5.41) is 2.19. The summed E-state index contributed by atoms with van der Waals surface area (Å²) < 4.78 is 24.3. The van der Waals surface area contributed by atoms with Gasteiger partial charge in [0.15, 0.2) is 5.79 Å². The molecule has 1 spiro atoms. The predicted molar refractivity (Wildman–Crippen MR) is 137 cm³/mol. The second-order valence-corrected chi connectivity index (χ2v) is 12.3. The summed E-state index contributed by atoms with van der Waals surface area (Å²) in [7, 11) is 0. The minimum Gasteiger partial charge on any atom is -0.491 e. The first-order valence-corrected chi connectivity index (χ1v) is 13.6. The van der Waals surface area contributed by atoms with Crippen molar-refractivity contribution in [1.82, 2.24) is 5.06 Å². The molecule has 0 bridgehead atoms. The van der Waals surface area contributed by atoms with E-state index in [4.69, 9.17) is 23.8 Å². The third-order valence-corrected chi connectivity index (χ3v) is 8.05. The zero-order chi connectivity index (χ0) is 25.3. The van der Waals surface area contributed by atoms with E-state index < -0.39 is 5.79 Å². The lowest BCUT2D eigenvalue weighted by molar-refractivity contribution is -0.390. The van der Waals surface area contributed by atoms with Crippen molar-refractivity contribution < 1.29 is 23.8 Å². The minimum atomic E-state index is -0.550. The molecule has 35 heavy (non-hydrogen) atoms. The van der Waals surface area contributed by atoms with Crippen LogP contribution in [0.15, 0.2) is 24.3 Å². The number of nitrogens with zero attached hydrogens (tertiary/aromatic N) is 1. The molecule has 0 radical (unpaired) electrons. The van der Waals surface area contributed by atoms with Gasteiger partial charge in [-0.25, -0.2) is 0 Å². The van der Waals surface area contributed by atoms with E-state index in [0.717, 1.165) is 50.4 Å². The van der Waals surface area contributed by atoms with Gasteiger partial charge in [0.1, 0.15) is 24.6 Å². The minimum absolute atomic E-state index is 0.0848. The molecule has 6 nitrogen and oxygen atoms in total. The highest BCUT2D eigenvalue weighted by molar-refractivity contribution is 5.28. The van der Waals surface area contributed by atoms with Crippen molar-refractivity contribution in [2.24, 2.45) is 5.41 Å². The van der Waals surface area contributed by atoms with Gasteiger partial charge in [0, 0.05) is 29.3 Å². The summed E-state index contributed by atoms with van der Waals surface area (Å²) >= 11 is 0. The molecule has 4 rings (SSSR count). The Morgan fingerprint density at radius 2 is 1.60 bits per heavy atom. The van der Waals surface area contributed by atoms with Gasteiger partial charge in [-0.15, -0.1) is 0 Å². The fourth-order valence-electron chi connectivity index (χ4n) is 5.97. The van der Waals surface area contributed by atoms with Crippen LogP contribution < -0.4 is 4.74 Å². The predicted octanol–water partition coefficient (Wildman–Crippen LogP) is 6.44. The van der Waals surface area contributed by atoms with Crippen LogP contribution in [0.2, 0.25) is 0 Å². The number of epoxide rings is 1. The van der Waals surface area contributed by atoms with Crippen LogP contribution >= 0.6 is 0 Å². The third-order valence-electron chi connectivity index (χ3n) is 8.05. The van der Waals surface area contributed by atoms with Gasteiger partial charge in [-0.1, -0.05) is 38.8 Å². The highest BCUT2D eigenvalue weighted by Crippen LogP contribution is 2.50. The lowest BCUT2D eigenvalue weighted by Crippen LogP contribution is -2.68. The Balaban J connectivity index is 1.40. The van der Waals surface area contributed by atoms with Gasteiger partial charge >= 0.3 is 0 Å². The lowest BCUT2D eigenvalue weighted by Gasteiger charge is -2.60. The van der Waals surface area contributed by atoms with Crippen LogP contribution in [-0.2, 0) is 19.0 Å². The quantitative estimate of drug-likeness (QED) is 0.353. The van der Waals surface area contributed by atoms with Crippen molar-refractivity contribution in [1.29, 1.82) is 0 Å². The van der Waals surface area contributed by atoms with Crippen molar-refractivity contribution >= 4 is 0 Å². The van der Waals surface area contributed by atoms with E-state index in [1.807, 2.05) is 12.1 Å². The van der Waals surface area contributed by atoms with Gasteiger partial charge in [-0.2, -0.15) is 5.06 Å². The van der Waals surface area contributed by atoms with Crippen molar-refractivity contribution in [3.8, 4) is 5.75 Å². The van der Waals surface area contributed by atoms with Crippen LogP contribution in [0.4, 0.5) is 0 Å². The van der Waals surface area contributed by atoms with Gasteiger partial charge in [0.05, 0.1) is 19.8 Å². The molecule has 3 fully saturated rings. The van der Waals surface area contributed by atoms with Crippen molar-refractivity contribution in [2.75, 3.05) is 26.4 Å². The normalized spacial score (nSPS) is 27.5. The van der Waals surface area contributed by atoms with E-state index >= 15 is 0 Å². The molecule has 2 unspecified atom stereocenters. The molecule has 3 aliphatic heterocycles. The maximum Gasteiger partial charge on any atom is 0.171 e. The summed E-state index contributed by atoms with van der Waals surface area (Å²) in [5.41, 5.74) is 0.776. The first-order chi connectivity index (χ1) is 16.5. The number of hydrogen-bond acceptors (Lipinski definition) is 6. The average molecular weight is 490 g/mol. The highest BCUT2D eigenvalue weighted by Gasteiger charge is 2.57. The summed E-state index contributed by atoms with van der Waals surface area (Å²) in [6, 6.07) is 8.21. The molecule has 1 aromatic rings. The van der Waals surface area contributed by atoms with Gasteiger partial charge in [0.2, 0.25) is 0 Å². The fourth-order valence-corrected chi connectivity index (χ4v) is 5.97. The summed E-state index contributed by atoms with van der Waals surface area (Å²) in [6.45, 7) is 18.6. The van der Waals surface area contributed by atoms with Crippen LogP contribution in [0.5, 0.6) is 5.75 Å². The molecule has 3 heterocycles. The van der Waals surface area contributed by atoms with Crippen LogP contribution in [0.3, 0.4) is 0 Å². The molecule has 6 heteroatoms. The topological polar surface area (TPSA) is 52.7 Å². The Kier molecular flexibility index (Phi) is 7.90. The Morgan fingerprint density at radius 1 is 1.00 bits per heavy atom. The molecular formula is C29H47NO5. The van der Waals surface area contributed by atoms with E-state index in [1.165, 1.54) is 19.3 Å². The number of rotatable bonds is 10. The van der Waals surface area contributed by atoms with Crippen LogP contribution in [0, 0.1) is 5.41 Å². The third kappa shape index (κ3) is 6.22. The van der Waals surface area contributed by atoms with Crippen molar-refractivity contribution in [3.63, 3.8) is 0 Å². The standard InChI is InChI=1S/C29H47NO5/c1-8-10-15-28(9-2)20-33-29(34-21-28)18-26(4,5)30(27(6,7)19-29)35-22(3)23-11-13-24(14-12-23)31-16-25-17-32-25/h11-14,22,25H,8-10,15-21H2,1-7H3. The Bertz CT molecular complexity index is 804. The van der Waals surface area contributed by atoms with E-state index in [2.05, 4.69) is 65.7 Å². The first-order valence-electron chi connectivity index (χ1n) is 13.6. The molecule has 1 aromatic carbocycles. The number of hydrogen-bond donors (Lipinski definition) is 0.